The van der Waals surface area contributed by atoms with Gasteiger partial charge in [0.05, 0.1) is 15.1 Å². The minimum absolute atomic E-state index is 0.0776. The molecule has 0 fully saturated rings. The third kappa shape index (κ3) is 1.66. The molecule has 3 aromatic rings. The van der Waals surface area contributed by atoms with E-state index in [0.29, 0.717) is 16.2 Å². The summed E-state index contributed by atoms with van der Waals surface area (Å²) in [6.07, 6.45) is 1.62. The van der Waals surface area contributed by atoms with Gasteiger partial charge in [-0.2, -0.15) is 0 Å². The smallest absolute Gasteiger partial charge is 0.267 e. The summed E-state index contributed by atoms with van der Waals surface area (Å²) >= 11 is 7.39. The Morgan fingerprint density at radius 2 is 2.00 bits per heavy atom. The lowest BCUT2D eigenvalue weighted by Crippen LogP contribution is -2.12. The largest absolute Gasteiger partial charge is 0.274 e. The molecular weight excluding hydrogens is 256 g/mol. The third-order valence-electron chi connectivity index (χ3n) is 2.42. The van der Waals surface area contributed by atoms with Crippen molar-refractivity contribution < 1.29 is 0 Å². The Hall–Kier alpha value is -1.65. The summed E-state index contributed by atoms with van der Waals surface area (Å²) in [5, 5.41) is 1.17. The lowest BCUT2D eigenvalue weighted by Gasteiger charge is -2.00. The first-order valence-electron chi connectivity index (χ1n) is 4.99. The molecule has 0 aliphatic carbocycles. The van der Waals surface area contributed by atoms with Gasteiger partial charge >= 0.3 is 0 Å². The summed E-state index contributed by atoms with van der Waals surface area (Å²) in [5.41, 5.74) is -0.0776. The Kier molecular flexibility index (Phi) is 2.46. The Morgan fingerprint density at radius 1 is 1.18 bits per heavy atom. The second-order valence-electron chi connectivity index (χ2n) is 3.50. The molecule has 0 aliphatic rings. The molecule has 17 heavy (non-hydrogen) atoms. The predicted molar refractivity (Wildman–Crippen MR) is 70.2 cm³/mol. The molecule has 0 saturated carbocycles. The summed E-state index contributed by atoms with van der Waals surface area (Å²) in [6, 6.07) is 10.9. The molecule has 0 aliphatic heterocycles. The van der Waals surface area contributed by atoms with Crippen LogP contribution in [0.2, 0.25) is 5.02 Å². The van der Waals surface area contributed by atoms with Crippen molar-refractivity contribution in [1.82, 2.24) is 8.94 Å². The maximum atomic E-state index is 12.2. The standard InChI is InChI=1S/C12H7ClN2OS/c13-9-5-3-7-14-11(9)15-12(16)8-4-1-2-6-10(8)17-15/h1-7H. The van der Waals surface area contributed by atoms with Crippen LogP contribution in [0, 0.1) is 0 Å². The van der Waals surface area contributed by atoms with Crippen molar-refractivity contribution in [3.8, 4) is 5.82 Å². The normalized spacial score (nSPS) is 10.9. The molecule has 3 nitrogen and oxygen atoms in total. The van der Waals surface area contributed by atoms with Crippen LogP contribution in [0.1, 0.15) is 0 Å². The molecule has 0 atom stereocenters. The van der Waals surface area contributed by atoms with Crippen LogP contribution in [0.15, 0.2) is 47.4 Å². The van der Waals surface area contributed by atoms with Crippen LogP contribution in [-0.4, -0.2) is 8.94 Å². The van der Waals surface area contributed by atoms with Crippen molar-refractivity contribution in [3.05, 3.63) is 58.0 Å². The zero-order valence-electron chi connectivity index (χ0n) is 8.63. The number of hydrogen-bond acceptors (Lipinski definition) is 3. The fraction of sp³-hybridized carbons (Fsp3) is 0. The highest BCUT2D eigenvalue weighted by Gasteiger charge is 2.11. The molecule has 2 heterocycles. The first-order valence-corrected chi connectivity index (χ1v) is 6.14. The van der Waals surface area contributed by atoms with Crippen molar-refractivity contribution in [3.63, 3.8) is 0 Å². The molecule has 1 aromatic carbocycles. The molecule has 0 saturated heterocycles. The van der Waals surface area contributed by atoms with Gasteiger partial charge in [-0.1, -0.05) is 23.7 Å². The summed E-state index contributed by atoms with van der Waals surface area (Å²) in [7, 11) is 0. The highest BCUT2D eigenvalue weighted by Crippen LogP contribution is 2.22. The SMILES string of the molecule is O=c1c2ccccc2sn1-c1ncccc1Cl. The number of aromatic nitrogens is 2. The van der Waals surface area contributed by atoms with E-state index >= 15 is 0 Å². The lowest BCUT2D eigenvalue weighted by molar-refractivity contribution is 1.06. The van der Waals surface area contributed by atoms with Gasteiger partial charge in [-0.3, -0.25) is 4.79 Å². The number of benzene rings is 1. The minimum atomic E-state index is -0.0776. The maximum absolute atomic E-state index is 12.2. The van der Waals surface area contributed by atoms with Crippen molar-refractivity contribution in [1.29, 1.82) is 0 Å². The van der Waals surface area contributed by atoms with Gasteiger partial charge in [-0.15, -0.1) is 0 Å². The topological polar surface area (TPSA) is 34.9 Å². The first kappa shape index (κ1) is 10.5. The molecule has 2 aromatic heterocycles. The van der Waals surface area contributed by atoms with Gasteiger partial charge in [-0.25, -0.2) is 8.94 Å². The first-order chi connectivity index (χ1) is 8.27. The molecule has 0 N–H and O–H groups in total. The van der Waals surface area contributed by atoms with Crippen molar-refractivity contribution in [2.75, 3.05) is 0 Å². The van der Waals surface area contributed by atoms with E-state index in [1.54, 1.807) is 18.3 Å². The molecule has 0 unspecified atom stereocenters. The van der Waals surface area contributed by atoms with Crippen LogP contribution in [0.25, 0.3) is 15.9 Å². The lowest BCUT2D eigenvalue weighted by atomic mass is 10.3. The Morgan fingerprint density at radius 3 is 2.76 bits per heavy atom. The van der Waals surface area contributed by atoms with Gasteiger partial charge in [0, 0.05) is 6.20 Å². The summed E-state index contributed by atoms with van der Waals surface area (Å²) in [5.74, 6) is 0.486. The van der Waals surface area contributed by atoms with Crippen LogP contribution < -0.4 is 5.56 Å². The van der Waals surface area contributed by atoms with Gasteiger partial charge in [0.2, 0.25) is 0 Å². The van der Waals surface area contributed by atoms with Gasteiger partial charge in [0.15, 0.2) is 5.82 Å². The molecular formula is C12H7ClN2OS. The minimum Gasteiger partial charge on any atom is -0.267 e. The average molecular weight is 263 g/mol. The van der Waals surface area contributed by atoms with Crippen LogP contribution in [0.3, 0.4) is 0 Å². The summed E-state index contributed by atoms with van der Waals surface area (Å²) < 4.78 is 2.45. The van der Waals surface area contributed by atoms with Gasteiger partial charge in [0.25, 0.3) is 5.56 Å². The summed E-state index contributed by atoms with van der Waals surface area (Å²) in [6.45, 7) is 0. The van der Waals surface area contributed by atoms with Gasteiger partial charge < -0.3 is 0 Å². The van der Waals surface area contributed by atoms with E-state index in [1.807, 2.05) is 24.3 Å². The maximum Gasteiger partial charge on any atom is 0.274 e. The molecule has 0 radical (unpaired) electrons. The Bertz CT molecular complexity index is 747. The van der Waals surface area contributed by atoms with Crippen LogP contribution >= 0.6 is 23.1 Å². The number of hydrogen-bond donors (Lipinski definition) is 0. The van der Waals surface area contributed by atoms with Gasteiger partial charge in [-0.05, 0) is 35.8 Å². The predicted octanol–water partition coefficient (Wildman–Crippen LogP) is 3.10. The van der Waals surface area contributed by atoms with E-state index in [2.05, 4.69) is 4.98 Å². The van der Waals surface area contributed by atoms with Crippen molar-refractivity contribution in [2.24, 2.45) is 0 Å². The molecule has 3 rings (SSSR count). The third-order valence-corrected chi connectivity index (χ3v) is 3.79. The van der Waals surface area contributed by atoms with Crippen LogP contribution in [0.4, 0.5) is 0 Å². The molecule has 84 valence electrons. The monoisotopic (exact) mass is 262 g/mol. The van der Waals surface area contributed by atoms with Crippen molar-refractivity contribution >= 4 is 33.2 Å². The van der Waals surface area contributed by atoms with Crippen LogP contribution in [-0.2, 0) is 0 Å². The fourth-order valence-corrected chi connectivity index (χ4v) is 2.90. The number of halogens is 1. The quantitative estimate of drug-likeness (QED) is 0.675. The molecule has 0 amide bonds. The average Bonchev–Trinajstić information content (AvgIpc) is 2.68. The van der Waals surface area contributed by atoms with E-state index in [0.717, 1.165) is 4.70 Å². The second-order valence-corrected chi connectivity index (χ2v) is 4.89. The highest BCUT2D eigenvalue weighted by molar-refractivity contribution is 7.14. The molecule has 0 bridgehead atoms. The second kappa shape index (κ2) is 3.98. The Labute approximate surface area is 106 Å². The van der Waals surface area contributed by atoms with E-state index < -0.39 is 0 Å². The van der Waals surface area contributed by atoms with E-state index in [4.69, 9.17) is 11.6 Å². The number of rotatable bonds is 1. The number of fused-ring (bicyclic) bond motifs is 1. The van der Waals surface area contributed by atoms with E-state index in [9.17, 15) is 4.79 Å². The van der Waals surface area contributed by atoms with E-state index in [1.165, 1.54) is 15.5 Å². The zero-order valence-corrected chi connectivity index (χ0v) is 10.2. The fourth-order valence-electron chi connectivity index (χ4n) is 1.64. The number of nitrogens with zero attached hydrogens (tertiary/aromatic N) is 2. The molecule has 0 spiro atoms. The van der Waals surface area contributed by atoms with Crippen LogP contribution in [0.5, 0.6) is 0 Å². The summed E-state index contributed by atoms with van der Waals surface area (Å²) in [4.78, 5) is 16.3. The molecule has 5 heteroatoms. The zero-order chi connectivity index (χ0) is 11.8. The van der Waals surface area contributed by atoms with Crippen molar-refractivity contribution in [2.45, 2.75) is 0 Å². The number of pyridine rings is 1. The van der Waals surface area contributed by atoms with Gasteiger partial charge in [0.1, 0.15) is 0 Å². The highest BCUT2D eigenvalue weighted by atomic mass is 35.5. The Balaban J connectivity index is 2.36. The van der Waals surface area contributed by atoms with E-state index in [-0.39, 0.29) is 5.56 Å².